The highest BCUT2D eigenvalue weighted by Gasteiger charge is 2.67. The number of benzene rings is 1. The summed E-state index contributed by atoms with van der Waals surface area (Å²) in [4.78, 5) is 0. The fraction of sp³-hybridized carbons (Fsp3) is 0.571. The number of rotatable bonds is 2. The van der Waals surface area contributed by atoms with Gasteiger partial charge in [0.15, 0.2) is 11.6 Å². The molecule has 0 saturated heterocycles. The van der Waals surface area contributed by atoms with E-state index in [1.165, 1.54) is 6.07 Å². The molecule has 18 heavy (non-hydrogen) atoms. The minimum absolute atomic E-state index is 0.00545. The van der Waals surface area contributed by atoms with Crippen LogP contribution in [-0.4, -0.2) is 0 Å². The summed E-state index contributed by atoms with van der Waals surface area (Å²) >= 11 is 5.97. The van der Waals surface area contributed by atoms with Crippen molar-refractivity contribution in [3.63, 3.8) is 0 Å². The molecule has 0 aliphatic heterocycles. The molecule has 1 aliphatic carbocycles. The molecular weight excluding hydrogens is 256 g/mol. The van der Waals surface area contributed by atoms with Crippen LogP contribution in [0.15, 0.2) is 12.1 Å². The minimum Gasteiger partial charge on any atom is -0.324 e. The molecule has 1 aromatic carbocycles. The average Bonchev–Trinajstić information content (AvgIpc) is 2.64. The maximum Gasteiger partial charge on any atom is 0.165 e. The largest absolute Gasteiger partial charge is 0.324 e. The van der Waals surface area contributed by atoms with Crippen LogP contribution in [-0.2, 0) is 0 Å². The minimum atomic E-state index is -0.923. The topological polar surface area (TPSA) is 26.0 Å². The lowest BCUT2D eigenvalue weighted by Gasteiger charge is -2.17. The fourth-order valence-corrected chi connectivity index (χ4v) is 3.43. The second-order valence-electron chi connectivity index (χ2n) is 6.20. The van der Waals surface area contributed by atoms with Crippen molar-refractivity contribution in [2.75, 3.05) is 0 Å². The maximum absolute atomic E-state index is 13.9. The van der Waals surface area contributed by atoms with Gasteiger partial charge in [-0.15, -0.1) is 0 Å². The SMILES string of the molecule is CC1(C)C(C(N)c2c(Cl)ccc(F)c2F)C1(C)C. The fourth-order valence-electron chi connectivity index (χ4n) is 3.16. The van der Waals surface area contributed by atoms with Crippen molar-refractivity contribution in [1.29, 1.82) is 0 Å². The molecule has 1 aromatic rings. The summed E-state index contributed by atoms with van der Waals surface area (Å²) in [6.07, 6.45) is 0. The summed E-state index contributed by atoms with van der Waals surface area (Å²) < 4.78 is 27.2. The second-order valence-corrected chi connectivity index (χ2v) is 6.61. The zero-order valence-electron chi connectivity index (χ0n) is 11.0. The van der Waals surface area contributed by atoms with Crippen LogP contribution in [0.5, 0.6) is 0 Å². The van der Waals surface area contributed by atoms with Crippen molar-refractivity contribution in [1.82, 2.24) is 0 Å². The van der Waals surface area contributed by atoms with E-state index >= 15 is 0 Å². The molecule has 1 nitrogen and oxygen atoms in total. The van der Waals surface area contributed by atoms with Crippen LogP contribution in [0.1, 0.15) is 39.3 Å². The molecule has 1 saturated carbocycles. The van der Waals surface area contributed by atoms with Crippen molar-refractivity contribution in [3.8, 4) is 0 Å². The van der Waals surface area contributed by atoms with Crippen LogP contribution in [0.25, 0.3) is 0 Å². The highest BCUT2D eigenvalue weighted by Crippen LogP contribution is 2.72. The van der Waals surface area contributed by atoms with Gasteiger partial charge in [0.05, 0.1) is 0 Å². The lowest BCUT2D eigenvalue weighted by Crippen LogP contribution is -2.19. The Morgan fingerprint density at radius 3 is 2.11 bits per heavy atom. The van der Waals surface area contributed by atoms with Gasteiger partial charge in [-0.05, 0) is 28.9 Å². The predicted molar refractivity (Wildman–Crippen MR) is 69.3 cm³/mol. The first kappa shape index (κ1) is 13.8. The zero-order chi connectivity index (χ0) is 13.9. The van der Waals surface area contributed by atoms with Gasteiger partial charge in [0.1, 0.15) is 0 Å². The maximum atomic E-state index is 13.9. The third-order valence-electron chi connectivity index (χ3n) is 4.90. The average molecular weight is 274 g/mol. The van der Waals surface area contributed by atoms with Crippen molar-refractivity contribution in [3.05, 3.63) is 34.4 Å². The molecule has 0 bridgehead atoms. The van der Waals surface area contributed by atoms with Gasteiger partial charge in [0.25, 0.3) is 0 Å². The van der Waals surface area contributed by atoms with E-state index in [4.69, 9.17) is 17.3 Å². The van der Waals surface area contributed by atoms with Crippen molar-refractivity contribution in [2.24, 2.45) is 22.5 Å². The van der Waals surface area contributed by atoms with Crippen LogP contribution in [0.2, 0.25) is 5.02 Å². The molecule has 0 spiro atoms. The molecule has 1 fully saturated rings. The Morgan fingerprint density at radius 2 is 1.67 bits per heavy atom. The third-order valence-corrected chi connectivity index (χ3v) is 5.23. The summed E-state index contributed by atoms with van der Waals surface area (Å²) in [5, 5.41) is 0.194. The Labute approximate surface area is 111 Å². The highest BCUT2D eigenvalue weighted by atomic mass is 35.5. The van der Waals surface area contributed by atoms with E-state index in [1.54, 1.807) is 0 Å². The predicted octanol–water partition coefficient (Wildman–Crippen LogP) is 4.30. The molecule has 0 heterocycles. The van der Waals surface area contributed by atoms with Crippen LogP contribution in [0.4, 0.5) is 8.78 Å². The highest BCUT2D eigenvalue weighted by molar-refractivity contribution is 6.31. The molecule has 2 rings (SSSR count). The van der Waals surface area contributed by atoms with Gasteiger partial charge in [-0.25, -0.2) is 8.78 Å². The summed E-state index contributed by atoms with van der Waals surface area (Å²) in [5.74, 6) is -1.74. The molecule has 0 aromatic heterocycles. The summed E-state index contributed by atoms with van der Waals surface area (Å²) in [6.45, 7) is 8.34. The third kappa shape index (κ3) is 1.68. The van der Waals surface area contributed by atoms with Gasteiger partial charge in [-0.1, -0.05) is 39.3 Å². The van der Waals surface area contributed by atoms with Crippen LogP contribution < -0.4 is 5.73 Å². The van der Waals surface area contributed by atoms with E-state index < -0.39 is 17.7 Å². The number of hydrogen-bond donors (Lipinski definition) is 1. The number of nitrogens with two attached hydrogens (primary N) is 1. The van der Waals surface area contributed by atoms with E-state index in [1.807, 2.05) is 0 Å². The quantitative estimate of drug-likeness (QED) is 0.799. The lowest BCUT2D eigenvalue weighted by atomic mass is 9.96. The summed E-state index contributed by atoms with van der Waals surface area (Å²) in [6, 6.07) is 1.80. The molecule has 4 heteroatoms. The number of halogens is 3. The Morgan fingerprint density at radius 1 is 1.17 bits per heavy atom. The van der Waals surface area contributed by atoms with E-state index in [0.717, 1.165) is 6.07 Å². The summed E-state index contributed by atoms with van der Waals surface area (Å²) in [5.41, 5.74) is 6.22. The molecule has 1 atom stereocenters. The molecule has 0 amide bonds. The number of hydrogen-bond acceptors (Lipinski definition) is 1. The van der Waals surface area contributed by atoms with Crippen LogP contribution >= 0.6 is 11.6 Å². The Hall–Kier alpha value is -0.670. The lowest BCUT2D eigenvalue weighted by molar-refractivity contribution is 0.449. The monoisotopic (exact) mass is 273 g/mol. The molecule has 100 valence electrons. The summed E-state index contributed by atoms with van der Waals surface area (Å²) in [7, 11) is 0. The Bertz CT molecular complexity index is 483. The van der Waals surface area contributed by atoms with Gasteiger partial charge in [-0.2, -0.15) is 0 Å². The van der Waals surface area contributed by atoms with Crippen LogP contribution in [0, 0.1) is 28.4 Å². The Balaban J connectivity index is 2.43. The van der Waals surface area contributed by atoms with Gasteiger partial charge in [0.2, 0.25) is 0 Å². The normalized spacial score (nSPS) is 22.9. The van der Waals surface area contributed by atoms with Gasteiger partial charge >= 0.3 is 0 Å². The van der Waals surface area contributed by atoms with E-state index in [0.29, 0.717) is 0 Å². The van der Waals surface area contributed by atoms with E-state index in [-0.39, 0.29) is 27.3 Å². The first-order valence-electron chi connectivity index (χ1n) is 6.01. The van der Waals surface area contributed by atoms with Crippen molar-refractivity contribution < 1.29 is 8.78 Å². The van der Waals surface area contributed by atoms with E-state index in [9.17, 15) is 8.78 Å². The van der Waals surface area contributed by atoms with Crippen LogP contribution in [0.3, 0.4) is 0 Å². The van der Waals surface area contributed by atoms with Gasteiger partial charge < -0.3 is 5.73 Å². The smallest absolute Gasteiger partial charge is 0.165 e. The zero-order valence-corrected chi connectivity index (χ0v) is 11.8. The first-order chi connectivity index (χ1) is 8.12. The van der Waals surface area contributed by atoms with E-state index in [2.05, 4.69) is 27.7 Å². The molecule has 0 radical (unpaired) electrons. The molecule has 1 aliphatic rings. The molecule has 1 unspecified atom stereocenters. The molecular formula is C14H18ClF2N. The van der Waals surface area contributed by atoms with Crippen molar-refractivity contribution >= 4 is 11.6 Å². The van der Waals surface area contributed by atoms with Crippen molar-refractivity contribution in [2.45, 2.75) is 33.7 Å². The van der Waals surface area contributed by atoms with Gasteiger partial charge in [0, 0.05) is 16.6 Å². The molecule has 2 N–H and O–H groups in total. The first-order valence-corrected chi connectivity index (χ1v) is 6.39. The Kier molecular flexibility index (Phi) is 2.99. The second kappa shape index (κ2) is 3.91. The standard InChI is InChI=1S/C14H18ClF2N/c1-13(2)12(14(13,3)4)11(18)9-7(15)5-6-8(16)10(9)17/h5-6,11-12H,18H2,1-4H3. The van der Waals surface area contributed by atoms with Gasteiger partial charge in [-0.3, -0.25) is 0 Å².